The van der Waals surface area contributed by atoms with Gasteiger partial charge in [-0.05, 0) is 37.0 Å². The first kappa shape index (κ1) is 18.7. The summed E-state index contributed by atoms with van der Waals surface area (Å²) in [6.07, 6.45) is 4.13. The Bertz CT molecular complexity index is 766. The normalized spacial score (nSPS) is 15.0. The highest BCUT2D eigenvalue weighted by atomic mass is 35.5. The van der Waals surface area contributed by atoms with Crippen LogP contribution >= 0.6 is 23.2 Å². The third-order valence-electron chi connectivity index (χ3n) is 4.23. The average molecular weight is 398 g/mol. The van der Waals surface area contributed by atoms with E-state index in [1.165, 1.54) is 12.4 Å². The zero-order valence-electron chi connectivity index (χ0n) is 13.9. The van der Waals surface area contributed by atoms with Gasteiger partial charge in [-0.2, -0.15) is 0 Å². The molecule has 138 valence electrons. The highest BCUT2D eigenvalue weighted by molar-refractivity contribution is 6.42. The summed E-state index contributed by atoms with van der Waals surface area (Å²) in [6.45, 7) is 2.12. The third-order valence-corrected chi connectivity index (χ3v) is 4.97. The molecule has 1 aliphatic heterocycles. The second-order valence-electron chi connectivity index (χ2n) is 6.10. The van der Waals surface area contributed by atoms with Crippen LogP contribution in [-0.2, 0) is 0 Å². The van der Waals surface area contributed by atoms with Gasteiger partial charge in [-0.15, -0.1) is 0 Å². The fourth-order valence-corrected chi connectivity index (χ4v) is 3.09. The maximum Gasteiger partial charge on any atom is 0.319 e. The highest BCUT2D eigenvalue weighted by Crippen LogP contribution is 2.25. The second-order valence-corrected chi connectivity index (χ2v) is 6.91. The zero-order chi connectivity index (χ0) is 18.5. The van der Waals surface area contributed by atoms with E-state index in [9.17, 15) is 9.18 Å². The number of carbonyl (C=O) groups excluding carboxylic acids is 1. The Morgan fingerprint density at radius 1 is 1.19 bits per heavy atom. The van der Waals surface area contributed by atoms with Crippen LogP contribution in [0.2, 0.25) is 10.0 Å². The number of rotatable bonds is 4. The zero-order valence-corrected chi connectivity index (χ0v) is 15.4. The Morgan fingerprint density at radius 3 is 2.54 bits per heavy atom. The molecule has 6 nitrogen and oxygen atoms in total. The molecule has 1 aliphatic rings. The molecule has 26 heavy (non-hydrogen) atoms. The molecule has 9 heteroatoms. The van der Waals surface area contributed by atoms with Crippen molar-refractivity contribution in [3.05, 3.63) is 46.5 Å². The first-order chi connectivity index (χ1) is 12.5. The number of anilines is 2. The Balaban J connectivity index is 1.42. The highest BCUT2D eigenvalue weighted by Gasteiger charge is 2.21. The number of hydrogen-bond donors (Lipinski definition) is 2. The van der Waals surface area contributed by atoms with E-state index in [0.29, 0.717) is 34.1 Å². The lowest BCUT2D eigenvalue weighted by Crippen LogP contribution is -2.40. The molecule has 2 N–H and O–H groups in total. The van der Waals surface area contributed by atoms with E-state index in [2.05, 4.69) is 20.6 Å². The summed E-state index contributed by atoms with van der Waals surface area (Å²) in [5.41, 5.74) is 0.583. The third kappa shape index (κ3) is 4.95. The van der Waals surface area contributed by atoms with Crippen LogP contribution in [0.15, 0.2) is 30.6 Å². The van der Waals surface area contributed by atoms with Crippen LogP contribution in [0.5, 0.6) is 0 Å². The quantitative estimate of drug-likeness (QED) is 0.818. The predicted octanol–water partition coefficient (Wildman–Crippen LogP) is 3.96. The summed E-state index contributed by atoms with van der Waals surface area (Å²) >= 11 is 11.8. The van der Waals surface area contributed by atoms with Gasteiger partial charge in [0.15, 0.2) is 5.82 Å². The van der Waals surface area contributed by atoms with Crippen molar-refractivity contribution < 1.29 is 9.18 Å². The molecule has 1 aromatic carbocycles. The molecule has 0 unspecified atom stereocenters. The topological polar surface area (TPSA) is 70.2 Å². The predicted molar refractivity (Wildman–Crippen MR) is 100 cm³/mol. The molecule has 0 bridgehead atoms. The SMILES string of the molecule is O=C(NCC1CCN(c2ncc(F)cn2)CC1)Nc1ccc(Cl)c(Cl)c1. The van der Waals surface area contributed by atoms with Crippen LogP contribution in [0.3, 0.4) is 0 Å². The van der Waals surface area contributed by atoms with Crippen molar-refractivity contribution in [2.45, 2.75) is 12.8 Å². The fourth-order valence-electron chi connectivity index (χ4n) is 2.79. The van der Waals surface area contributed by atoms with Gasteiger partial charge in [0.05, 0.1) is 22.4 Å². The van der Waals surface area contributed by atoms with E-state index < -0.39 is 5.82 Å². The van der Waals surface area contributed by atoms with Crippen LogP contribution in [0.4, 0.5) is 20.8 Å². The molecule has 2 aromatic rings. The van der Waals surface area contributed by atoms with Gasteiger partial charge < -0.3 is 15.5 Å². The lowest BCUT2D eigenvalue weighted by atomic mass is 9.97. The van der Waals surface area contributed by atoms with Gasteiger partial charge in [0, 0.05) is 25.3 Å². The molecule has 0 atom stereocenters. The molecule has 0 saturated carbocycles. The van der Waals surface area contributed by atoms with Crippen LogP contribution in [0, 0.1) is 11.7 Å². The summed E-state index contributed by atoms with van der Waals surface area (Å²) in [6, 6.07) is 4.64. The molecular weight excluding hydrogens is 380 g/mol. The van der Waals surface area contributed by atoms with Crippen LogP contribution in [0.1, 0.15) is 12.8 Å². The lowest BCUT2D eigenvalue weighted by Gasteiger charge is -2.31. The summed E-state index contributed by atoms with van der Waals surface area (Å²) in [4.78, 5) is 22.0. The Hall–Kier alpha value is -2.12. The Morgan fingerprint density at radius 2 is 1.88 bits per heavy atom. The molecule has 0 radical (unpaired) electrons. The van der Waals surface area contributed by atoms with Gasteiger partial charge in [0.2, 0.25) is 5.95 Å². The van der Waals surface area contributed by atoms with Crippen molar-refractivity contribution in [1.29, 1.82) is 0 Å². The molecular formula is C17H18Cl2FN5O. The van der Waals surface area contributed by atoms with Crippen LogP contribution < -0.4 is 15.5 Å². The summed E-state index contributed by atoms with van der Waals surface area (Å²) in [5, 5.41) is 6.43. The van der Waals surface area contributed by atoms with Crippen molar-refractivity contribution in [2.24, 2.45) is 5.92 Å². The Labute approximate surface area is 160 Å². The summed E-state index contributed by atoms with van der Waals surface area (Å²) in [7, 11) is 0. The number of hydrogen-bond acceptors (Lipinski definition) is 4. The number of carbonyl (C=O) groups is 1. The molecule has 1 saturated heterocycles. The van der Waals surface area contributed by atoms with Gasteiger partial charge in [0.25, 0.3) is 0 Å². The molecule has 2 amide bonds. The van der Waals surface area contributed by atoms with E-state index in [-0.39, 0.29) is 6.03 Å². The van der Waals surface area contributed by atoms with Crippen LogP contribution in [0.25, 0.3) is 0 Å². The molecule has 2 heterocycles. The van der Waals surface area contributed by atoms with Gasteiger partial charge in [0.1, 0.15) is 0 Å². The minimum atomic E-state index is -0.444. The minimum absolute atomic E-state index is 0.285. The molecule has 1 fully saturated rings. The number of nitrogens with zero attached hydrogens (tertiary/aromatic N) is 3. The first-order valence-electron chi connectivity index (χ1n) is 8.23. The Kier molecular flexibility index (Phi) is 6.11. The molecule has 0 spiro atoms. The van der Waals surface area contributed by atoms with Crippen molar-refractivity contribution in [3.8, 4) is 0 Å². The van der Waals surface area contributed by atoms with Crippen molar-refractivity contribution in [1.82, 2.24) is 15.3 Å². The molecule has 3 rings (SSSR count). The number of aromatic nitrogens is 2. The average Bonchev–Trinajstić information content (AvgIpc) is 2.64. The van der Waals surface area contributed by atoms with E-state index in [0.717, 1.165) is 25.9 Å². The van der Waals surface area contributed by atoms with Crippen molar-refractivity contribution in [3.63, 3.8) is 0 Å². The molecule has 1 aromatic heterocycles. The number of urea groups is 1. The number of benzene rings is 1. The second kappa shape index (κ2) is 8.51. The van der Waals surface area contributed by atoms with Crippen LogP contribution in [-0.4, -0.2) is 35.6 Å². The summed E-state index contributed by atoms with van der Waals surface area (Å²) in [5.74, 6) is 0.460. The standard InChI is InChI=1S/C17H18Cl2FN5O/c18-14-2-1-13(7-15(14)19)24-17(26)23-8-11-3-5-25(6-4-11)16-21-9-12(20)10-22-16/h1-2,7,9-11H,3-6,8H2,(H2,23,24,26). The maximum atomic E-state index is 12.9. The number of halogens is 3. The van der Waals surface area contributed by atoms with Gasteiger partial charge in [-0.3, -0.25) is 0 Å². The lowest BCUT2D eigenvalue weighted by molar-refractivity contribution is 0.248. The van der Waals surface area contributed by atoms with Gasteiger partial charge in [-0.25, -0.2) is 19.2 Å². The smallest absolute Gasteiger partial charge is 0.319 e. The van der Waals surface area contributed by atoms with E-state index in [1.54, 1.807) is 18.2 Å². The first-order valence-corrected chi connectivity index (χ1v) is 8.99. The minimum Gasteiger partial charge on any atom is -0.341 e. The maximum absolute atomic E-state index is 12.9. The van der Waals surface area contributed by atoms with Gasteiger partial charge >= 0.3 is 6.03 Å². The van der Waals surface area contributed by atoms with E-state index in [4.69, 9.17) is 23.2 Å². The fraction of sp³-hybridized carbons (Fsp3) is 0.353. The largest absolute Gasteiger partial charge is 0.341 e. The van der Waals surface area contributed by atoms with Crippen molar-refractivity contribution >= 4 is 40.9 Å². The monoisotopic (exact) mass is 397 g/mol. The number of amides is 2. The number of nitrogens with one attached hydrogen (secondary N) is 2. The summed E-state index contributed by atoms with van der Waals surface area (Å²) < 4.78 is 12.9. The number of piperidine rings is 1. The van der Waals surface area contributed by atoms with E-state index >= 15 is 0 Å². The van der Waals surface area contributed by atoms with Crippen molar-refractivity contribution in [2.75, 3.05) is 29.9 Å². The van der Waals surface area contributed by atoms with Gasteiger partial charge in [-0.1, -0.05) is 23.2 Å². The van der Waals surface area contributed by atoms with E-state index in [1.807, 2.05) is 4.90 Å². The molecule has 0 aliphatic carbocycles.